The predicted molar refractivity (Wildman–Crippen MR) is 112 cm³/mol. The van der Waals surface area contributed by atoms with Crippen LogP contribution in [-0.2, 0) is 0 Å². The number of rotatable bonds is 5. The molecule has 0 bridgehead atoms. The summed E-state index contributed by atoms with van der Waals surface area (Å²) < 4.78 is 20.2. The zero-order valence-electron chi connectivity index (χ0n) is 17.0. The highest BCUT2D eigenvalue weighted by molar-refractivity contribution is 5.94. The van der Waals surface area contributed by atoms with Gasteiger partial charge in [0.05, 0.1) is 18.8 Å². The van der Waals surface area contributed by atoms with E-state index in [1.54, 1.807) is 23.2 Å². The van der Waals surface area contributed by atoms with Gasteiger partial charge in [-0.15, -0.1) is 0 Å². The van der Waals surface area contributed by atoms with Crippen LogP contribution in [0.15, 0.2) is 53.5 Å². The van der Waals surface area contributed by atoms with Gasteiger partial charge in [-0.3, -0.25) is 14.6 Å². The molecule has 0 N–H and O–H groups in total. The number of halogens is 1. The number of pyridine rings is 1. The maximum atomic E-state index is 13.5. The minimum atomic E-state index is -0.415. The largest absolute Gasteiger partial charge is 0.496 e. The van der Waals surface area contributed by atoms with Gasteiger partial charge in [0.25, 0.3) is 11.5 Å². The SMILES string of the molecule is COc1cc(F)ccc1-c1ccc(=O)n(C2CN(C(=O)c3ncccc3C3CC3)C2)n1. The number of hydrogen-bond acceptors (Lipinski definition) is 5. The topological polar surface area (TPSA) is 77.3 Å². The third kappa shape index (κ3) is 3.58. The molecule has 3 heterocycles. The van der Waals surface area contributed by atoms with Crippen LogP contribution in [0.3, 0.4) is 0 Å². The maximum absolute atomic E-state index is 13.5. The lowest BCUT2D eigenvalue weighted by molar-refractivity contribution is 0.0486. The van der Waals surface area contributed by atoms with Crippen LogP contribution in [0, 0.1) is 5.82 Å². The molecule has 1 aromatic carbocycles. The summed E-state index contributed by atoms with van der Waals surface area (Å²) in [5.74, 6) is 0.243. The predicted octanol–water partition coefficient (Wildman–Crippen LogP) is 3.03. The number of carbonyl (C=O) groups excluding carboxylic acids is 1. The Morgan fingerprint density at radius 3 is 2.71 bits per heavy atom. The van der Waals surface area contributed by atoms with Gasteiger partial charge in [-0.1, -0.05) is 6.07 Å². The van der Waals surface area contributed by atoms with Gasteiger partial charge in [0.2, 0.25) is 0 Å². The van der Waals surface area contributed by atoms with E-state index in [1.807, 2.05) is 12.1 Å². The molecule has 8 heteroatoms. The molecule has 2 fully saturated rings. The second kappa shape index (κ2) is 7.61. The van der Waals surface area contributed by atoms with Crippen molar-refractivity contribution in [2.24, 2.45) is 0 Å². The molecule has 3 aromatic rings. The van der Waals surface area contributed by atoms with Crippen molar-refractivity contribution < 1.29 is 13.9 Å². The average Bonchev–Trinajstić information content (AvgIpc) is 3.59. The van der Waals surface area contributed by atoms with E-state index in [9.17, 15) is 14.0 Å². The van der Waals surface area contributed by atoms with Gasteiger partial charge < -0.3 is 9.64 Å². The Labute approximate surface area is 178 Å². The number of ether oxygens (including phenoxy) is 1. The molecule has 1 aliphatic carbocycles. The second-order valence-corrected chi connectivity index (χ2v) is 7.93. The van der Waals surface area contributed by atoms with Crippen molar-refractivity contribution in [3.8, 4) is 17.0 Å². The van der Waals surface area contributed by atoms with E-state index in [1.165, 1.54) is 30.0 Å². The highest BCUT2D eigenvalue weighted by Gasteiger charge is 2.37. The molecular formula is C23H21FN4O3. The molecular weight excluding hydrogens is 399 g/mol. The number of hydrogen-bond donors (Lipinski definition) is 0. The van der Waals surface area contributed by atoms with Crippen LogP contribution in [0.4, 0.5) is 4.39 Å². The summed E-state index contributed by atoms with van der Waals surface area (Å²) in [4.78, 5) is 31.4. The van der Waals surface area contributed by atoms with E-state index in [4.69, 9.17) is 4.74 Å². The molecule has 1 saturated heterocycles. The monoisotopic (exact) mass is 420 g/mol. The number of nitrogens with zero attached hydrogens (tertiary/aromatic N) is 4. The van der Waals surface area contributed by atoms with Crippen LogP contribution in [0.5, 0.6) is 5.75 Å². The van der Waals surface area contributed by atoms with Gasteiger partial charge in [0.1, 0.15) is 17.3 Å². The van der Waals surface area contributed by atoms with Crippen LogP contribution in [-0.4, -0.2) is 45.8 Å². The van der Waals surface area contributed by atoms with E-state index in [2.05, 4.69) is 10.1 Å². The summed E-state index contributed by atoms with van der Waals surface area (Å²) in [5, 5.41) is 4.47. The fourth-order valence-corrected chi connectivity index (χ4v) is 3.95. The number of methoxy groups -OCH3 is 1. The van der Waals surface area contributed by atoms with Crippen LogP contribution in [0.1, 0.15) is 40.9 Å². The Hall–Kier alpha value is -3.55. The Morgan fingerprint density at radius 1 is 1.16 bits per heavy atom. The molecule has 2 aliphatic rings. The molecule has 1 saturated carbocycles. The Bertz CT molecular complexity index is 1220. The molecule has 7 nitrogen and oxygen atoms in total. The van der Waals surface area contributed by atoms with E-state index in [0.717, 1.165) is 18.4 Å². The van der Waals surface area contributed by atoms with Gasteiger partial charge in [-0.25, -0.2) is 9.07 Å². The standard InChI is InChI=1S/C23H21FN4O3/c1-31-20-11-15(24)6-7-18(20)19-8-9-21(29)28(26-19)16-12-27(13-16)23(30)22-17(14-4-5-14)3-2-10-25-22/h2-3,6-11,14,16H,4-5,12-13H2,1H3. The Balaban J connectivity index is 1.37. The minimum Gasteiger partial charge on any atom is -0.496 e. The molecule has 0 radical (unpaired) electrons. The summed E-state index contributed by atoms with van der Waals surface area (Å²) in [6, 6.07) is 10.8. The quantitative estimate of drug-likeness (QED) is 0.634. The fraction of sp³-hybridized carbons (Fsp3) is 0.304. The van der Waals surface area contributed by atoms with Crippen LogP contribution in [0.25, 0.3) is 11.3 Å². The first kappa shape index (κ1) is 19.4. The highest BCUT2D eigenvalue weighted by Crippen LogP contribution is 2.41. The number of carbonyl (C=O) groups is 1. The van der Waals surface area contributed by atoms with Crippen molar-refractivity contribution in [2.75, 3.05) is 20.2 Å². The Kier molecular flexibility index (Phi) is 4.77. The lowest BCUT2D eigenvalue weighted by Crippen LogP contribution is -2.53. The van der Waals surface area contributed by atoms with Gasteiger partial charge in [0.15, 0.2) is 0 Å². The summed E-state index contributed by atoms with van der Waals surface area (Å²) >= 11 is 0. The van der Waals surface area contributed by atoms with Crippen molar-refractivity contribution >= 4 is 5.91 Å². The average molecular weight is 420 g/mol. The van der Waals surface area contributed by atoms with E-state index in [-0.39, 0.29) is 17.5 Å². The third-order valence-electron chi connectivity index (χ3n) is 5.82. The Morgan fingerprint density at radius 2 is 1.97 bits per heavy atom. The first-order valence-corrected chi connectivity index (χ1v) is 10.2. The zero-order valence-corrected chi connectivity index (χ0v) is 17.0. The molecule has 5 rings (SSSR count). The smallest absolute Gasteiger partial charge is 0.272 e. The summed E-state index contributed by atoms with van der Waals surface area (Å²) in [6.07, 6.45) is 3.82. The van der Waals surface area contributed by atoms with Gasteiger partial charge >= 0.3 is 0 Å². The van der Waals surface area contributed by atoms with Crippen molar-refractivity contribution in [2.45, 2.75) is 24.8 Å². The first-order valence-electron chi connectivity index (χ1n) is 10.2. The van der Waals surface area contributed by atoms with Gasteiger partial charge in [0, 0.05) is 37.0 Å². The molecule has 0 atom stereocenters. The first-order chi connectivity index (χ1) is 15.0. The van der Waals surface area contributed by atoms with Gasteiger partial charge in [-0.2, -0.15) is 5.10 Å². The second-order valence-electron chi connectivity index (χ2n) is 7.93. The molecule has 31 heavy (non-hydrogen) atoms. The molecule has 2 aromatic heterocycles. The van der Waals surface area contributed by atoms with Crippen LogP contribution in [0.2, 0.25) is 0 Å². The molecule has 1 amide bonds. The summed E-state index contributed by atoms with van der Waals surface area (Å²) in [5.41, 5.74) is 2.36. The highest BCUT2D eigenvalue weighted by atomic mass is 19.1. The molecule has 158 valence electrons. The van der Waals surface area contributed by atoms with E-state index >= 15 is 0 Å². The maximum Gasteiger partial charge on any atom is 0.272 e. The number of likely N-dealkylation sites (tertiary alicyclic amines) is 1. The normalized spacial score (nSPS) is 16.1. The number of benzene rings is 1. The van der Waals surface area contributed by atoms with Crippen molar-refractivity contribution in [3.05, 3.63) is 76.1 Å². The van der Waals surface area contributed by atoms with Gasteiger partial charge in [-0.05, 0) is 48.6 Å². The molecule has 1 aliphatic heterocycles. The molecule has 0 unspecified atom stereocenters. The summed E-state index contributed by atoms with van der Waals surface area (Å²) in [6.45, 7) is 0.771. The number of aromatic nitrogens is 3. The summed E-state index contributed by atoms with van der Waals surface area (Å²) in [7, 11) is 1.46. The molecule has 0 spiro atoms. The van der Waals surface area contributed by atoms with Crippen molar-refractivity contribution in [3.63, 3.8) is 0 Å². The van der Waals surface area contributed by atoms with Crippen molar-refractivity contribution in [1.82, 2.24) is 19.7 Å². The van der Waals surface area contributed by atoms with Crippen LogP contribution < -0.4 is 10.3 Å². The van der Waals surface area contributed by atoms with E-state index in [0.29, 0.717) is 41.7 Å². The lowest BCUT2D eigenvalue weighted by Gasteiger charge is -2.39. The fourth-order valence-electron chi connectivity index (χ4n) is 3.95. The van der Waals surface area contributed by atoms with Crippen LogP contribution >= 0.6 is 0 Å². The van der Waals surface area contributed by atoms with E-state index < -0.39 is 5.82 Å². The lowest BCUT2D eigenvalue weighted by atomic mass is 10.0. The zero-order chi connectivity index (χ0) is 21.5. The van der Waals surface area contributed by atoms with Crippen molar-refractivity contribution in [1.29, 1.82) is 0 Å². The number of amides is 1. The third-order valence-corrected chi connectivity index (χ3v) is 5.82. The minimum absolute atomic E-state index is 0.108.